The van der Waals surface area contributed by atoms with Crippen LogP contribution < -0.4 is 20.9 Å². The number of hydrogen-bond donors (Lipinski definition) is 3. The van der Waals surface area contributed by atoms with Crippen molar-refractivity contribution < 1.29 is 4.79 Å². The minimum atomic E-state index is -0.00782. The topological polar surface area (TPSA) is 75.8 Å². The molecule has 8 nitrogen and oxygen atoms in total. The highest BCUT2D eigenvalue weighted by Crippen LogP contribution is 2.38. The molecule has 4 rings (SSSR count). The van der Waals surface area contributed by atoms with Gasteiger partial charge in [-0.1, -0.05) is 18.2 Å². The highest BCUT2D eigenvalue weighted by Gasteiger charge is 2.32. The van der Waals surface area contributed by atoms with E-state index in [4.69, 9.17) is 4.98 Å². The number of nitrogens with zero attached hydrogens (tertiary/aromatic N) is 4. The van der Waals surface area contributed by atoms with Gasteiger partial charge in [0.1, 0.15) is 5.82 Å². The average molecular weight is 466 g/mol. The summed E-state index contributed by atoms with van der Waals surface area (Å²) in [5.74, 6) is 0.931. The summed E-state index contributed by atoms with van der Waals surface area (Å²) in [6.45, 7) is 10.3. The third kappa shape index (κ3) is 5.41. The van der Waals surface area contributed by atoms with E-state index in [1.807, 2.05) is 13.1 Å². The SMILES string of the molecule is CNCCN(C)Cc1cccc(-c2cc(C(=O)NCC3CNCN3C)c3c(n2)N(C(C)C)C3)c1. The molecular formula is C26H39N7O. The van der Waals surface area contributed by atoms with Gasteiger partial charge in [-0.2, -0.15) is 0 Å². The quantitative estimate of drug-likeness (QED) is 0.493. The number of rotatable bonds is 10. The number of amides is 1. The van der Waals surface area contributed by atoms with Crippen molar-refractivity contribution in [2.75, 3.05) is 58.9 Å². The van der Waals surface area contributed by atoms with Crippen molar-refractivity contribution in [3.8, 4) is 11.3 Å². The number of pyridine rings is 1. The summed E-state index contributed by atoms with van der Waals surface area (Å²) in [4.78, 5) is 25.1. The van der Waals surface area contributed by atoms with Gasteiger partial charge in [-0.05, 0) is 52.7 Å². The molecule has 2 aromatic rings. The average Bonchev–Trinajstić information content (AvgIpc) is 3.21. The molecule has 3 N–H and O–H groups in total. The lowest BCUT2D eigenvalue weighted by Gasteiger charge is -2.39. The first-order valence-corrected chi connectivity index (χ1v) is 12.3. The Morgan fingerprint density at radius 2 is 2.15 bits per heavy atom. The molecule has 2 aliphatic heterocycles. The van der Waals surface area contributed by atoms with Gasteiger partial charge in [0.15, 0.2) is 0 Å². The van der Waals surface area contributed by atoms with Crippen LogP contribution in [-0.4, -0.2) is 86.8 Å². The van der Waals surface area contributed by atoms with Crippen LogP contribution >= 0.6 is 0 Å². The van der Waals surface area contributed by atoms with Gasteiger partial charge < -0.3 is 25.8 Å². The maximum atomic E-state index is 13.3. The molecule has 184 valence electrons. The Morgan fingerprint density at radius 1 is 1.32 bits per heavy atom. The largest absolute Gasteiger partial charge is 0.350 e. The zero-order valence-corrected chi connectivity index (χ0v) is 21.2. The number of carbonyl (C=O) groups excluding carboxylic acids is 1. The Morgan fingerprint density at radius 3 is 2.85 bits per heavy atom. The minimum absolute atomic E-state index is 0.00782. The number of hydrogen-bond acceptors (Lipinski definition) is 7. The standard InChI is InChI=1S/C26H39N7O/c1-18(2)33-16-23-22(26(34)29-14-21-13-28-17-32(21)5)12-24(30-25(23)33)20-8-6-7-19(11-20)15-31(4)10-9-27-3/h6-8,11-12,18,21,27-28H,9-10,13-17H2,1-5H3,(H,29,34). The predicted octanol–water partition coefficient (Wildman–Crippen LogP) is 1.72. The molecule has 3 heterocycles. The number of anilines is 1. The number of nitrogens with one attached hydrogen (secondary N) is 3. The lowest BCUT2D eigenvalue weighted by Crippen LogP contribution is -2.43. The summed E-state index contributed by atoms with van der Waals surface area (Å²) in [5, 5.41) is 9.72. The molecule has 1 unspecified atom stereocenters. The molecule has 34 heavy (non-hydrogen) atoms. The number of fused-ring (bicyclic) bond motifs is 1. The lowest BCUT2D eigenvalue weighted by atomic mass is 9.96. The molecule has 1 aromatic heterocycles. The first kappa shape index (κ1) is 24.6. The van der Waals surface area contributed by atoms with Gasteiger partial charge in [0.05, 0.1) is 11.3 Å². The molecule has 0 radical (unpaired) electrons. The van der Waals surface area contributed by atoms with Gasteiger partial charge in [-0.3, -0.25) is 9.69 Å². The van der Waals surface area contributed by atoms with Gasteiger partial charge in [-0.25, -0.2) is 4.98 Å². The third-order valence-corrected chi connectivity index (χ3v) is 6.85. The molecule has 0 bridgehead atoms. The zero-order chi connectivity index (χ0) is 24.2. The summed E-state index contributed by atoms with van der Waals surface area (Å²) in [5.41, 5.74) is 4.95. The number of likely N-dealkylation sites (N-methyl/N-ethyl adjacent to an activating group) is 3. The van der Waals surface area contributed by atoms with Gasteiger partial charge in [0.25, 0.3) is 5.91 Å². The Bertz CT molecular complexity index is 1010. The normalized spacial score (nSPS) is 17.9. The Labute approximate surface area is 203 Å². The Kier molecular flexibility index (Phi) is 7.83. The first-order valence-electron chi connectivity index (χ1n) is 12.3. The fourth-order valence-electron chi connectivity index (χ4n) is 4.63. The summed E-state index contributed by atoms with van der Waals surface area (Å²) in [6, 6.07) is 11.2. The molecule has 2 aliphatic rings. The second-order valence-corrected chi connectivity index (χ2v) is 9.85. The molecule has 1 saturated heterocycles. The zero-order valence-electron chi connectivity index (χ0n) is 21.2. The summed E-state index contributed by atoms with van der Waals surface area (Å²) in [6.07, 6.45) is 0. The number of benzene rings is 1. The van der Waals surface area contributed by atoms with Crippen LogP contribution in [0.2, 0.25) is 0 Å². The second-order valence-electron chi connectivity index (χ2n) is 9.85. The molecule has 0 aliphatic carbocycles. The van der Waals surface area contributed by atoms with Crippen LogP contribution in [0.3, 0.4) is 0 Å². The Balaban J connectivity index is 1.58. The smallest absolute Gasteiger partial charge is 0.251 e. The highest BCUT2D eigenvalue weighted by molar-refractivity contribution is 5.99. The molecule has 1 amide bonds. The predicted molar refractivity (Wildman–Crippen MR) is 138 cm³/mol. The summed E-state index contributed by atoms with van der Waals surface area (Å²) in [7, 11) is 6.19. The maximum Gasteiger partial charge on any atom is 0.251 e. The van der Waals surface area contributed by atoms with Crippen molar-refractivity contribution in [3.05, 3.63) is 47.0 Å². The van der Waals surface area contributed by atoms with E-state index >= 15 is 0 Å². The molecular weight excluding hydrogens is 426 g/mol. The summed E-state index contributed by atoms with van der Waals surface area (Å²) >= 11 is 0. The van der Waals surface area contributed by atoms with E-state index in [-0.39, 0.29) is 5.91 Å². The van der Waals surface area contributed by atoms with E-state index in [9.17, 15) is 4.79 Å². The van der Waals surface area contributed by atoms with Gasteiger partial charge in [0, 0.05) is 69.1 Å². The third-order valence-electron chi connectivity index (χ3n) is 6.85. The van der Waals surface area contributed by atoms with Gasteiger partial charge in [-0.15, -0.1) is 0 Å². The monoisotopic (exact) mass is 465 g/mol. The van der Waals surface area contributed by atoms with Crippen LogP contribution in [0.15, 0.2) is 30.3 Å². The molecule has 1 atom stereocenters. The second kappa shape index (κ2) is 10.8. The van der Waals surface area contributed by atoms with Crippen molar-refractivity contribution in [2.24, 2.45) is 0 Å². The van der Waals surface area contributed by atoms with Crippen LogP contribution in [0.5, 0.6) is 0 Å². The van der Waals surface area contributed by atoms with Crippen molar-refractivity contribution in [1.29, 1.82) is 0 Å². The Hall–Kier alpha value is -2.52. The van der Waals surface area contributed by atoms with Crippen LogP contribution in [0, 0.1) is 0 Å². The van der Waals surface area contributed by atoms with Crippen molar-refractivity contribution in [2.45, 2.75) is 39.0 Å². The first-order chi connectivity index (χ1) is 16.4. The van der Waals surface area contributed by atoms with E-state index < -0.39 is 0 Å². The molecule has 1 fully saturated rings. The van der Waals surface area contributed by atoms with E-state index in [0.717, 1.165) is 67.6 Å². The van der Waals surface area contributed by atoms with Crippen LogP contribution in [0.25, 0.3) is 11.3 Å². The number of aromatic nitrogens is 1. The van der Waals surface area contributed by atoms with E-state index in [2.05, 4.69) is 82.9 Å². The van der Waals surface area contributed by atoms with Gasteiger partial charge in [0.2, 0.25) is 0 Å². The van der Waals surface area contributed by atoms with Gasteiger partial charge >= 0.3 is 0 Å². The van der Waals surface area contributed by atoms with Crippen LogP contribution in [0.4, 0.5) is 5.82 Å². The van der Waals surface area contributed by atoms with Crippen molar-refractivity contribution in [1.82, 2.24) is 30.7 Å². The van der Waals surface area contributed by atoms with E-state index in [0.29, 0.717) is 18.6 Å². The van der Waals surface area contributed by atoms with Crippen molar-refractivity contribution >= 4 is 11.7 Å². The fraction of sp³-hybridized carbons (Fsp3) is 0.538. The highest BCUT2D eigenvalue weighted by atomic mass is 16.1. The molecule has 8 heteroatoms. The number of carbonyl (C=O) groups is 1. The lowest BCUT2D eigenvalue weighted by molar-refractivity contribution is 0.0943. The van der Waals surface area contributed by atoms with Crippen molar-refractivity contribution in [3.63, 3.8) is 0 Å². The summed E-state index contributed by atoms with van der Waals surface area (Å²) < 4.78 is 0. The molecule has 0 spiro atoms. The van der Waals surface area contributed by atoms with E-state index in [1.54, 1.807) is 0 Å². The molecule has 0 saturated carbocycles. The van der Waals surface area contributed by atoms with E-state index in [1.165, 1.54) is 5.56 Å². The molecule has 1 aromatic carbocycles. The van der Waals surface area contributed by atoms with Crippen LogP contribution in [-0.2, 0) is 13.1 Å². The fourth-order valence-corrected chi connectivity index (χ4v) is 4.63. The minimum Gasteiger partial charge on any atom is -0.350 e. The maximum absolute atomic E-state index is 13.3. The van der Waals surface area contributed by atoms with Crippen LogP contribution in [0.1, 0.15) is 35.3 Å².